The van der Waals surface area contributed by atoms with E-state index in [-0.39, 0.29) is 0 Å². The molecule has 0 aliphatic carbocycles. The van der Waals surface area contributed by atoms with Crippen molar-refractivity contribution in [1.82, 2.24) is 5.32 Å². The van der Waals surface area contributed by atoms with E-state index in [1.165, 1.54) is 22.8 Å². The third kappa shape index (κ3) is 4.47. The van der Waals surface area contributed by atoms with Gasteiger partial charge < -0.3 is 14.8 Å². The van der Waals surface area contributed by atoms with Crippen LogP contribution in [0.3, 0.4) is 0 Å². The van der Waals surface area contributed by atoms with E-state index in [1.54, 1.807) is 0 Å². The number of ether oxygens (including phenoxy) is 2. The summed E-state index contributed by atoms with van der Waals surface area (Å²) < 4.78 is 12.5. The van der Waals surface area contributed by atoms with Crippen LogP contribution in [-0.4, -0.2) is 42.3 Å². The third-order valence-electron chi connectivity index (χ3n) is 3.45. The summed E-state index contributed by atoms with van der Waals surface area (Å²) in [7, 11) is 0. The van der Waals surface area contributed by atoms with Gasteiger partial charge in [-0.15, -0.1) is 0 Å². The smallest absolute Gasteiger partial charge is 0.175 e. The molecule has 2 aliphatic heterocycles. The number of hydrogen-bond acceptors (Lipinski definition) is 5. The lowest BCUT2D eigenvalue weighted by molar-refractivity contribution is 0.296. The molecule has 1 fully saturated rings. The number of fused-ring (bicyclic) bond motifs is 1. The highest BCUT2D eigenvalue weighted by atomic mass is 79.9. The summed E-state index contributed by atoms with van der Waals surface area (Å²) in [6.07, 6.45) is 0.936. The molecule has 1 atom stereocenters. The molecule has 0 spiro atoms. The number of halogens is 1. The summed E-state index contributed by atoms with van der Waals surface area (Å²) in [6, 6.07) is 4.23. The molecule has 1 N–H and O–H groups in total. The van der Waals surface area contributed by atoms with E-state index in [0.717, 1.165) is 53.9 Å². The minimum atomic E-state index is 0.722. The van der Waals surface area contributed by atoms with E-state index in [1.807, 2.05) is 0 Å². The van der Waals surface area contributed by atoms with Crippen LogP contribution < -0.4 is 14.8 Å². The van der Waals surface area contributed by atoms with Crippen molar-refractivity contribution in [2.24, 2.45) is 0 Å². The molecule has 1 aromatic carbocycles. The van der Waals surface area contributed by atoms with E-state index >= 15 is 0 Å². The van der Waals surface area contributed by atoms with Gasteiger partial charge in [-0.05, 0) is 33.6 Å². The topological polar surface area (TPSA) is 30.5 Å². The van der Waals surface area contributed by atoms with E-state index in [4.69, 9.17) is 9.47 Å². The van der Waals surface area contributed by atoms with Gasteiger partial charge in [-0.3, -0.25) is 0 Å². The fraction of sp³-hybridized carbons (Fsp3) is 0.600. The Labute approximate surface area is 143 Å². The van der Waals surface area contributed by atoms with Crippen LogP contribution in [0.5, 0.6) is 11.5 Å². The quantitative estimate of drug-likeness (QED) is 0.850. The van der Waals surface area contributed by atoms with Gasteiger partial charge in [0.05, 0.1) is 17.7 Å². The van der Waals surface area contributed by atoms with Crippen molar-refractivity contribution in [2.45, 2.75) is 18.2 Å². The zero-order chi connectivity index (χ0) is 14.5. The van der Waals surface area contributed by atoms with Crippen LogP contribution in [0.4, 0.5) is 0 Å². The van der Waals surface area contributed by atoms with Crippen molar-refractivity contribution in [3.05, 3.63) is 22.2 Å². The maximum atomic E-state index is 5.78. The van der Waals surface area contributed by atoms with Gasteiger partial charge in [0.2, 0.25) is 0 Å². The number of benzene rings is 1. The molecule has 1 unspecified atom stereocenters. The zero-order valence-corrected chi connectivity index (χ0v) is 15.1. The molecule has 6 heteroatoms. The van der Waals surface area contributed by atoms with Gasteiger partial charge in [-0.25, -0.2) is 0 Å². The van der Waals surface area contributed by atoms with Crippen molar-refractivity contribution in [1.29, 1.82) is 0 Å². The maximum absolute atomic E-state index is 5.78. The predicted molar refractivity (Wildman–Crippen MR) is 95.0 cm³/mol. The van der Waals surface area contributed by atoms with Crippen LogP contribution in [0.25, 0.3) is 0 Å². The van der Waals surface area contributed by atoms with Gasteiger partial charge in [0, 0.05) is 42.0 Å². The lowest BCUT2D eigenvalue weighted by Gasteiger charge is -2.21. The zero-order valence-electron chi connectivity index (χ0n) is 11.9. The highest BCUT2D eigenvalue weighted by Crippen LogP contribution is 2.38. The van der Waals surface area contributed by atoms with Gasteiger partial charge in [0.15, 0.2) is 11.5 Å². The van der Waals surface area contributed by atoms with Crippen LogP contribution >= 0.6 is 39.5 Å². The monoisotopic (exact) mass is 389 g/mol. The van der Waals surface area contributed by atoms with Crippen molar-refractivity contribution in [2.75, 3.05) is 37.0 Å². The Hall–Kier alpha value is -0.0400. The Morgan fingerprint density at radius 2 is 2.14 bits per heavy atom. The standard InChI is InChI=1S/C15H20BrNO2S2/c16-13-6-11(7-14-15(13)19-3-1-2-18-14)8-17-9-12-10-20-4-5-21-12/h6-7,12,17H,1-5,8-10H2. The fourth-order valence-corrected chi connectivity index (χ4v) is 5.67. The lowest BCUT2D eigenvalue weighted by Crippen LogP contribution is -2.28. The number of thioether (sulfide) groups is 2. The molecule has 2 heterocycles. The largest absolute Gasteiger partial charge is 0.490 e. The van der Waals surface area contributed by atoms with Crippen molar-refractivity contribution in [3.8, 4) is 11.5 Å². The molecular weight excluding hydrogens is 370 g/mol. The molecule has 0 amide bonds. The van der Waals surface area contributed by atoms with Crippen molar-refractivity contribution in [3.63, 3.8) is 0 Å². The molecule has 1 saturated heterocycles. The minimum Gasteiger partial charge on any atom is -0.490 e. The first-order chi connectivity index (χ1) is 10.3. The second-order valence-corrected chi connectivity index (χ2v) is 8.57. The van der Waals surface area contributed by atoms with Crippen molar-refractivity contribution < 1.29 is 9.47 Å². The van der Waals surface area contributed by atoms with E-state index in [2.05, 4.69) is 56.9 Å². The average Bonchev–Trinajstić information content (AvgIpc) is 2.74. The van der Waals surface area contributed by atoms with Crippen LogP contribution in [0.1, 0.15) is 12.0 Å². The van der Waals surface area contributed by atoms with E-state index < -0.39 is 0 Å². The molecule has 116 valence electrons. The first-order valence-corrected chi connectivity index (χ1v) is 10.3. The van der Waals surface area contributed by atoms with Gasteiger partial charge in [0.25, 0.3) is 0 Å². The average molecular weight is 390 g/mol. The second kappa shape index (κ2) is 7.99. The fourth-order valence-electron chi connectivity index (χ4n) is 2.42. The first-order valence-electron chi connectivity index (χ1n) is 7.31. The Balaban J connectivity index is 1.57. The molecule has 3 rings (SSSR count). The summed E-state index contributed by atoms with van der Waals surface area (Å²) >= 11 is 7.75. The molecule has 0 radical (unpaired) electrons. The highest BCUT2D eigenvalue weighted by Gasteiger charge is 2.16. The third-order valence-corrected chi connectivity index (χ3v) is 6.88. The van der Waals surface area contributed by atoms with E-state index in [9.17, 15) is 0 Å². The van der Waals surface area contributed by atoms with Crippen molar-refractivity contribution >= 4 is 39.5 Å². The maximum Gasteiger partial charge on any atom is 0.175 e. The molecule has 0 aromatic heterocycles. The summed E-state index contributed by atoms with van der Waals surface area (Å²) in [5, 5.41) is 4.31. The molecular formula is C15H20BrNO2S2. The molecule has 2 aliphatic rings. The van der Waals surface area contributed by atoms with Crippen LogP contribution in [0.2, 0.25) is 0 Å². The molecule has 0 saturated carbocycles. The number of nitrogens with one attached hydrogen (secondary N) is 1. The van der Waals surface area contributed by atoms with Gasteiger partial charge in [-0.2, -0.15) is 23.5 Å². The molecule has 0 bridgehead atoms. The van der Waals surface area contributed by atoms with Gasteiger partial charge in [0.1, 0.15) is 0 Å². The lowest BCUT2D eigenvalue weighted by atomic mass is 10.2. The molecule has 1 aromatic rings. The summed E-state index contributed by atoms with van der Waals surface area (Å²) in [5.41, 5.74) is 1.24. The van der Waals surface area contributed by atoms with Gasteiger partial charge >= 0.3 is 0 Å². The molecule has 3 nitrogen and oxygen atoms in total. The summed E-state index contributed by atoms with van der Waals surface area (Å²) in [4.78, 5) is 0. The number of rotatable bonds is 4. The predicted octanol–water partition coefficient (Wildman–Crippen LogP) is 3.55. The Bertz CT molecular complexity index is 481. The summed E-state index contributed by atoms with van der Waals surface area (Å²) in [5.74, 6) is 5.56. The van der Waals surface area contributed by atoms with Crippen LogP contribution in [-0.2, 0) is 6.54 Å². The normalized spacial score (nSPS) is 21.9. The summed E-state index contributed by atoms with van der Waals surface area (Å²) in [6.45, 7) is 3.40. The van der Waals surface area contributed by atoms with Crippen LogP contribution in [0, 0.1) is 0 Å². The first kappa shape index (κ1) is 15.8. The highest BCUT2D eigenvalue weighted by molar-refractivity contribution is 9.10. The molecule has 21 heavy (non-hydrogen) atoms. The Morgan fingerprint density at radius 1 is 1.24 bits per heavy atom. The Kier molecular flexibility index (Phi) is 6.03. The van der Waals surface area contributed by atoms with E-state index in [0.29, 0.717) is 0 Å². The minimum absolute atomic E-state index is 0.722. The SMILES string of the molecule is Brc1cc(CNCC2CSCCS2)cc2c1OCCCO2. The van der Waals surface area contributed by atoms with Crippen LogP contribution in [0.15, 0.2) is 16.6 Å². The number of hydrogen-bond donors (Lipinski definition) is 1. The van der Waals surface area contributed by atoms with Gasteiger partial charge in [-0.1, -0.05) is 0 Å². The second-order valence-electron chi connectivity index (χ2n) is 5.15. The Morgan fingerprint density at radius 3 is 3.00 bits per heavy atom.